The summed E-state index contributed by atoms with van der Waals surface area (Å²) in [6.45, 7) is 3.12. The first-order valence-corrected chi connectivity index (χ1v) is 12.7. The molecule has 0 aliphatic heterocycles. The molecule has 1 aromatic carbocycles. The minimum atomic E-state index is -4.52. The van der Waals surface area contributed by atoms with Crippen molar-refractivity contribution in [3.05, 3.63) is 29.8 Å². The van der Waals surface area contributed by atoms with E-state index >= 15 is 0 Å². The van der Waals surface area contributed by atoms with Gasteiger partial charge in [-0.05, 0) is 37.6 Å². The Morgan fingerprint density at radius 1 is 0.931 bits per heavy atom. The second-order valence-electron chi connectivity index (χ2n) is 5.75. The van der Waals surface area contributed by atoms with Crippen molar-refractivity contribution in [2.24, 2.45) is 0 Å². The fourth-order valence-electron chi connectivity index (χ4n) is 1.86. The normalized spacial score (nSPS) is 15.2. The van der Waals surface area contributed by atoms with Gasteiger partial charge < -0.3 is 0 Å². The molecule has 0 amide bonds. The zero-order valence-electron chi connectivity index (χ0n) is 15.7. The molecular formula is C14H21F3O9S3. The highest BCUT2D eigenvalue weighted by Gasteiger charge is 2.30. The van der Waals surface area contributed by atoms with Gasteiger partial charge in [-0.1, -0.05) is 6.92 Å². The lowest BCUT2D eigenvalue weighted by molar-refractivity contribution is -0.137. The van der Waals surface area contributed by atoms with Crippen LogP contribution in [-0.4, -0.2) is 54.5 Å². The van der Waals surface area contributed by atoms with Crippen LogP contribution in [0.25, 0.3) is 0 Å². The molecule has 29 heavy (non-hydrogen) atoms. The predicted octanol–water partition coefficient (Wildman–Crippen LogP) is 2.06. The van der Waals surface area contributed by atoms with Crippen LogP contribution in [0.3, 0.4) is 0 Å². The van der Waals surface area contributed by atoms with Gasteiger partial charge in [0.1, 0.15) is 12.2 Å². The van der Waals surface area contributed by atoms with Gasteiger partial charge in [-0.3, -0.25) is 12.9 Å². The maximum atomic E-state index is 12.0. The van der Waals surface area contributed by atoms with Gasteiger partial charge in [-0.15, -0.1) is 0 Å². The van der Waals surface area contributed by atoms with Crippen molar-refractivity contribution in [1.29, 1.82) is 0 Å². The van der Waals surface area contributed by atoms with Crippen LogP contribution in [0.4, 0.5) is 13.2 Å². The first kappa shape index (κ1) is 27.7. The number of hydrogen-bond donors (Lipinski definition) is 1. The first-order valence-electron chi connectivity index (χ1n) is 7.67. The number of hydrogen-bond acceptors (Lipinski definition) is 8. The fourth-order valence-corrected chi connectivity index (χ4v) is 3.75. The Balaban J connectivity index is 0.000000541. The molecule has 1 rings (SSSR count). The molecule has 0 saturated carbocycles. The van der Waals surface area contributed by atoms with Gasteiger partial charge in [0.05, 0.1) is 23.0 Å². The molecule has 0 aliphatic rings. The van der Waals surface area contributed by atoms with Crippen LogP contribution >= 0.6 is 0 Å². The van der Waals surface area contributed by atoms with Crippen LogP contribution in [-0.2, 0) is 44.9 Å². The lowest BCUT2D eigenvalue weighted by Gasteiger charge is -2.20. The SMILES string of the molecule is CCC(OS(C)(=O)=O)C(C)OS(C)(=O)=O.O=S(=O)(O)c1ccc(C(F)(F)F)cc1. The van der Waals surface area contributed by atoms with E-state index in [-0.39, 0.29) is 0 Å². The predicted molar refractivity (Wildman–Crippen MR) is 96.7 cm³/mol. The zero-order valence-corrected chi connectivity index (χ0v) is 18.2. The van der Waals surface area contributed by atoms with Gasteiger partial charge in [-0.2, -0.15) is 38.4 Å². The van der Waals surface area contributed by atoms with Gasteiger partial charge in [0.2, 0.25) is 0 Å². The van der Waals surface area contributed by atoms with E-state index in [1.54, 1.807) is 6.92 Å². The molecule has 2 atom stereocenters. The molecule has 170 valence electrons. The molecule has 15 heteroatoms. The highest BCUT2D eigenvalue weighted by molar-refractivity contribution is 7.86. The molecule has 1 N–H and O–H groups in total. The lowest BCUT2D eigenvalue weighted by Crippen LogP contribution is -2.32. The summed E-state index contributed by atoms with van der Waals surface area (Å²) in [5, 5.41) is 0. The van der Waals surface area contributed by atoms with Gasteiger partial charge in [0.15, 0.2) is 0 Å². The van der Waals surface area contributed by atoms with E-state index in [1.165, 1.54) is 6.92 Å². The smallest absolute Gasteiger partial charge is 0.282 e. The summed E-state index contributed by atoms with van der Waals surface area (Å²) in [7, 11) is -11.7. The number of halogens is 3. The number of benzene rings is 1. The average Bonchev–Trinajstić information content (AvgIpc) is 2.49. The summed E-state index contributed by atoms with van der Waals surface area (Å²) < 4.78 is 118. The molecular weight excluding hydrogens is 465 g/mol. The molecule has 2 unspecified atom stereocenters. The third-order valence-electron chi connectivity index (χ3n) is 3.03. The molecule has 0 bridgehead atoms. The van der Waals surface area contributed by atoms with Gasteiger partial charge in [-0.25, -0.2) is 0 Å². The maximum Gasteiger partial charge on any atom is 0.416 e. The van der Waals surface area contributed by atoms with Crippen molar-refractivity contribution in [2.45, 2.75) is 43.5 Å². The Hall–Kier alpha value is -1.26. The monoisotopic (exact) mass is 486 g/mol. The number of rotatable bonds is 7. The molecule has 0 heterocycles. The number of alkyl halides is 3. The third-order valence-corrected chi connectivity index (χ3v) is 5.15. The van der Waals surface area contributed by atoms with E-state index in [4.69, 9.17) is 4.55 Å². The lowest BCUT2D eigenvalue weighted by atomic mass is 10.2. The highest BCUT2D eigenvalue weighted by atomic mass is 32.2. The van der Waals surface area contributed by atoms with Crippen molar-refractivity contribution in [2.75, 3.05) is 12.5 Å². The molecule has 0 spiro atoms. The van der Waals surface area contributed by atoms with E-state index in [9.17, 15) is 38.4 Å². The van der Waals surface area contributed by atoms with Crippen LogP contribution in [0, 0.1) is 0 Å². The topological polar surface area (TPSA) is 141 Å². The van der Waals surface area contributed by atoms with Crippen LogP contribution in [0.1, 0.15) is 25.8 Å². The second kappa shape index (κ2) is 10.2. The molecule has 0 aliphatic carbocycles. The van der Waals surface area contributed by atoms with E-state index in [0.29, 0.717) is 30.7 Å². The van der Waals surface area contributed by atoms with Gasteiger partial charge in [0, 0.05) is 0 Å². The standard InChI is InChI=1S/C7H5F3O3S.C7H16O6S2/c8-7(9,10)5-1-3-6(4-2-5)14(11,12)13;1-5-7(13-15(4,10)11)6(2)12-14(3,8)9/h1-4H,(H,11,12,13);6-7H,5H2,1-4H3. The molecule has 1 aromatic rings. The van der Waals surface area contributed by atoms with Crippen molar-refractivity contribution >= 4 is 30.4 Å². The van der Waals surface area contributed by atoms with E-state index in [1.807, 2.05) is 0 Å². The Labute approximate surface area is 167 Å². The second-order valence-corrected chi connectivity index (χ2v) is 10.4. The van der Waals surface area contributed by atoms with Crippen molar-refractivity contribution < 1.29 is 51.3 Å². The summed E-state index contributed by atoms with van der Waals surface area (Å²) in [6, 6.07) is 2.56. The Morgan fingerprint density at radius 3 is 1.62 bits per heavy atom. The minimum Gasteiger partial charge on any atom is -0.282 e. The fraction of sp³-hybridized carbons (Fsp3) is 0.571. The summed E-state index contributed by atoms with van der Waals surface area (Å²) in [4.78, 5) is -0.564. The highest BCUT2D eigenvalue weighted by Crippen LogP contribution is 2.29. The summed E-state index contributed by atoms with van der Waals surface area (Å²) in [6.07, 6.45) is -4.00. The van der Waals surface area contributed by atoms with Gasteiger partial charge in [0.25, 0.3) is 30.4 Å². The first-order chi connectivity index (χ1) is 12.8. The average molecular weight is 487 g/mol. The molecule has 0 saturated heterocycles. The molecule has 9 nitrogen and oxygen atoms in total. The maximum absolute atomic E-state index is 12.0. The molecule has 0 aromatic heterocycles. The van der Waals surface area contributed by atoms with E-state index in [0.717, 1.165) is 12.5 Å². The third kappa shape index (κ3) is 12.1. The summed E-state index contributed by atoms with van der Waals surface area (Å²) >= 11 is 0. The quantitative estimate of drug-likeness (QED) is 0.453. The van der Waals surface area contributed by atoms with Crippen LogP contribution < -0.4 is 0 Å². The van der Waals surface area contributed by atoms with E-state index in [2.05, 4.69) is 8.37 Å². The Bertz CT molecular complexity index is 967. The van der Waals surface area contributed by atoms with Crippen molar-refractivity contribution in [3.63, 3.8) is 0 Å². The van der Waals surface area contributed by atoms with Crippen LogP contribution in [0.5, 0.6) is 0 Å². The molecule has 0 radical (unpaired) electrons. The summed E-state index contributed by atoms with van der Waals surface area (Å²) in [5.74, 6) is 0. The Morgan fingerprint density at radius 2 is 1.34 bits per heavy atom. The van der Waals surface area contributed by atoms with Gasteiger partial charge >= 0.3 is 6.18 Å². The van der Waals surface area contributed by atoms with E-state index < -0.39 is 59.2 Å². The zero-order chi connectivity index (χ0) is 23.3. The molecule has 0 fully saturated rings. The van der Waals surface area contributed by atoms with Crippen molar-refractivity contribution in [3.8, 4) is 0 Å². The van der Waals surface area contributed by atoms with Crippen molar-refractivity contribution in [1.82, 2.24) is 0 Å². The van der Waals surface area contributed by atoms with Crippen LogP contribution in [0.15, 0.2) is 29.2 Å². The Kier molecular flexibility index (Phi) is 9.73. The summed E-state index contributed by atoms with van der Waals surface area (Å²) in [5.41, 5.74) is -0.968. The minimum absolute atomic E-state index is 0.337. The van der Waals surface area contributed by atoms with Crippen LogP contribution in [0.2, 0.25) is 0 Å². The largest absolute Gasteiger partial charge is 0.416 e.